The van der Waals surface area contributed by atoms with Gasteiger partial charge in [-0.25, -0.2) is 4.79 Å². The SMILES string of the molecule is CC(C)(C)OC(=O)N[C@H]1CC[C@@](N)(C(=O)O)CC1. The molecule has 0 heterocycles. The number of alkyl carbamates (subject to hydrolysis) is 1. The zero-order chi connectivity index (χ0) is 14.0. The van der Waals surface area contributed by atoms with E-state index in [1.54, 1.807) is 20.8 Å². The maximum Gasteiger partial charge on any atom is 0.407 e. The summed E-state index contributed by atoms with van der Waals surface area (Å²) in [4.78, 5) is 22.5. The van der Waals surface area contributed by atoms with Gasteiger partial charge in [-0.2, -0.15) is 0 Å². The lowest BCUT2D eigenvalue weighted by Crippen LogP contribution is -2.53. The molecular weight excluding hydrogens is 236 g/mol. The fourth-order valence-electron chi connectivity index (χ4n) is 1.97. The Bertz CT molecular complexity index is 327. The molecule has 6 heteroatoms. The first-order valence-corrected chi connectivity index (χ1v) is 6.14. The summed E-state index contributed by atoms with van der Waals surface area (Å²) in [7, 11) is 0. The summed E-state index contributed by atoms with van der Waals surface area (Å²) >= 11 is 0. The van der Waals surface area contributed by atoms with E-state index in [0.29, 0.717) is 25.7 Å². The van der Waals surface area contributed by atoms with Crippen molar-refractivity contribution in [3.05, 3.63) is 0 Å². The van der Waals surface area contributed by atoms with Crippen LogP contribution in [0.1, 0.15) is 46.5 Å². The van der Waals surface area contributed by atoms with Gasteiger partial charge in [-0.15, -0.1) is 0 Å². The lowest BCUT2D eigenvalue weighted by Gasteiger charge is -2.34. The average Bonchev–Trinajstić information content (AvgIpc) is 2.18. The molecule has 0 aromatic rings. The minimum absolute atomic E-state index is 0.0594. The Balaban J connectivity index is 2.41. The number of rotatable bonds is 2. The number of ether oxygens (including phenoxy) is 1. The Morgan fingerprint density at radius 3 is 2.22 bits per heavy atom. The van der Waals surface area contributed by atoms with E-state index in [4.69, 9.17) is 15.6 Å². The van der Waals surface area contributed by atoms with Gasteiger partial charge >= 0.3 is 12.1 Å². The van der Waals surface area contributed by atoms with Crippen molar-refractivity contribution in [3.8, 4) is 0 Å². The highest BCUT2D eigenvalue weighted by atomic mass is 16.6. The molecule has 0 saturated heterocycles. The third kappa shape index (κ3) is 4.18. The highest BCUT2D eigenvalue weighted by Crippen LogP contribution is 2.26. The van der Waals surface area contributed by atoms with Crippen molar-refractivity contribution in [3.63, 3.8) is 0 Å². The van der Waals surface area contributed by atoms with Gasteiger partial charge in [0.1, 0.15) is 11.1 Å². The zero-order valence-electron chi connectivity index (χ0n) is 11.2. The lowest BCUT2D eigenvalue weighted by atomic mass is 9.80. The monoisotopic (exact) mass is 258 g/mol. The third-order valence-electron chi connectivity index (χ3n) is 3.02. The first-order valence-electron chi connectivity index (χ1n) is 6.14. The standard InChI is InChI=1S/C12H22N2O4/c1-11(2,3)18-10(17)14-8-4-6-12(13,7-5-8)9(15)16/h8H,4-7,13H2,1-3H3,(H,14,17)(H,15,16)/t8-,12-. The van der Waals surface area contributed by atoms with Crippen molar-refractivity contribution >= 4 is 12.1 Å². The van der Waals surface area contributed by atoms with Crippen molar-refractivity contribution in [1.29, 1.82) is 0 Å². The van der Waals surface area contributed by atoms with Gasteiger partial charge in [0.25, 0.3) is 0 Å². The van der Waals surface area contributed by atoms with E-state index in [0.717, 1.165) is 0 Å². The second-order valence-corrected chi connectivity index (χ2v) is 5.88. The van der Waals surface area contributed by atoms with Gasteiger partial charge in [-0.3, -0.25) is 4.79 Å². The van der Waals surface area contributed by atoms with E-state index < -0.39 is 23.2 Å². The van der Waals surface area contributed by atoms with Crippen molar-refractivity contribution < 1.29 is 19.4 Å². The van der Waals surface area contributed by atoms with Gasteiger partial charge in [-0.05, 0) is 46.5 Å². The summed E-state index contributed by atoms with van der Waals surface area (Å²) in [5.74, 6) is -0.974. The topological polar surface area (TPSA) is 102 Å². The predicted octanol–water partition coefficient (Wildman–Crippen LogP) is 1.24. The van der Waals surface area contributed by atoms with Crippen LogP contribution in [0.25, 0.3) is 0 Å². The van der Waals surface area contributed by atoms with E-state index in [2.05, 4.69) is 5.32 Å². The maximum atomic E-state index is 11.5. The van der Waals surface area contributed by atoms with Crippen LogP contribution in [0.2, 0.25) is 0 Å². The summed E-state index contributed by atoms with van der Waals surface area (Å²) < 4.78 is 5.14. The molecule has 0 aliphatic heterocycles. The highest BCUT2D eigenvalue weighted by molar-refractivity contribution is 5.78. The fraction of sp³-hybridized carbons (Fsp3) is 0.833. The van der Waals surface area contributed by atoms with Crippen LogP contribution in [0.15, 0.2) is 0 Å². The molecule has 18 heavy (non-hydrogen) atoms. The van der Waals surface area contributed by atoms with E-state index >= 15 is 0 Å². The van der Waals surface area contributed by atoms with E-state index in [1.807, 2.05) is 0 Å². The normalized spacial score (nSPS) is 28.6. The largest absolute Gasteiger partial charge is 0.480 e. The summed E-state index contributed by atoms with van der Waals surface area (Å²) in [6.07, 6.45) is 1.38. The molecule has 1 fully saturated rings. The smallest absolute Gasteiger partial charge is 0.407 e. The molecule has 0 aromatic heterocycles. The molecular formula is C12H22N2O4. The molecule has 0 atom stereocenters. The molecule has 1 saturated carbocycles. The van der Waals surface area contributed by atoms with Crippen LogP contribution in [0, 0.1) is 0 Å². The van der Waals surface area contributed by atoms with Gasteiger partial charge < -0.3 is 20.9 Å². The molecule has 104 valence electrons. The van der Waals surface area contributed by atoms with Crippen LogP contribution in [0.5, 0.6) is 0 Å². The lowest BCUT2D eigenvalue weighted by molar-refractivity contribution is -0.144. The Labute approximate surface area is 107 Å². The molecule has 6 nitrogen and oxygen atoms in total. The van der Waals surface area contributed by atoms with Gasteiger partial charge in [0.05, 0.1) is 0 Å². The van der Waals surface area contributed by atoms with Crippen LogP contribution in [0.4, 0.5) is 4.79 Å². The molecule has 4 N–H and O–H groups in total. The fourth-order valence-corrected chi connectivity index (χ4v) is 1.97. The Morgan fingerprint density at radius 1 is 1.33 bits per heavy atom. The number of amides is 1. The number of hydrogen-bond acceptors (Lipinski definition) is 4. The van der Waals surface area contributed by atoms with Crippen LogP contribution >= 0.6 is 0 Å². The van der Waals surface area contributed by atoms with E-state index in [1.165, 1.54) is 0 Å². The summed E-state index contributed by atoms with van der Waals surface area (Å²) in [5.41, 5.74) is 4.08. The number of nitrogens with two attached hydrogens (primary N) is 1. The van der Waals surface area contributed by atoms with E-state index in [-0.39, 0.29) is 6.04 Å². The Morgan fingerprint density at radius 2 is 1.83 bits per heavy atom. The van der Waals surface area contributed by atoms with Gasteiger partial charge in [-0.1, -0.05) is 0 Å². The van der Waals surface area contributed by atoms with Crippen molar-refractivity contribution in [2.24, 2.45) is 5.73 Å². The summed E-state index contributed by atoms with van der Waals surface area (Å²) in [5, 5.41) is 11.7. The third-order valence-corrected chi connectivity index (χ3v) is 3.02. The van der Waals surface area contributed by atoms with Crippen LogP contribution in [-0.4, -0.2) is 34.4 Å². The first-order chi connectivity index (χ1) is 8.12. The molecule has 1 aliphatic rings. The highest BCUT2D eigenvalue weighted by Gasteiger charge is 2.38. The zero-order valence-corrected chi connectivity index (χ0v) is 11.2. The van der Waals surface area contributed by atoms with Crippen LogP contribution in [-0.2, 0) is 9.53 Å². The number of hydrogen-bond donors (Lipinski definition) is 3. The quantitative estimate of drug-likeness (QED) is 0.691. The predicted molar refractivity (Wildman–Crippen MR) is 66.2 cm³/mol. The van der Waals surface area contributed by atoms with Crippen molar-refractivity contribution in [1.82, 2.24) is 5.32 Å². The molecule has 0 radical (unpaired) electrons. The maximum absolute atomic E-state index is 11.5. The Kier molecular flexibility index (Phi) is 4.21. The van der Waals surface area contributed by atoms with E-state index in [9.17, 15) is 9.59 Å². The minimum Gasteiger partial charge on any atom is -0.480 e. The molecule has 1 aliphatic carbocycles. The Hall–Kier alpha value is -1.30. The van der Waals surface area contributed by atoms with Gasteiger partial charge in [0.2, 0.25) is 0 Å². The van der Waals surface area contributed by atoms with Crippen molar-refractivity contribution in [2.75, 3.05) is 0 Å². The average molecular weight is 258 g/mol. The number of carboxylic acid groups (broad SMARTS) is 1. The van der Waals surface area contributed by atoms with Crippen molar-refractivity contribution in [2.45, 2.75) is 63.6 Å². The molecule has 1 rings (SSSR count). The number of carboxylic acids is 1. The molecule has 0 spiro atoms. The number of nitrogens with one attached hydrogen (secondary N) is 1. The second-order valence-electron chi connectivity index (χ2n) is 5.88. The second kappa shape index (κ2) is 5.14. The molecule has 0 unspecified atom stereocenters. The summed E-state index contributed by atoms with van der Waals surface area (Å²) in [6, 6.07) is -0.0594. The molecule has 0 aromatic carbocycles. The molecule has 1 amide bonds. The summed E-state index contributed by atoms with van der Waals surface area (Å²) in [6.45, 7) is 5.38. The number of carbonyl (C=O) groups is 2. The number of aliphatic carboxylic acids is 1. The van der Waals surface area contributed by atoms with Crippen LogP contribution in [0.3, 0.4) is 0 Å². The van der Waals surface area contributed by atoms with Crippen LogP contribution < -0.4 is 11.1 Å². The number of carbonyl (C=O) groups excluding carboxylic acids is 1. The minimum atomic E-state index is -1.15. The molecule has 0 bridgehead atoms. The van der Waals surface area contributed by atoms with Gasteiger partial charge in [0.15, 0.2) is 0 Å². The first kappa shape index (κ1) is 14.8. The van der Waals surface area contributed by atoms with Gasteiger partial charge in [0, 0.05) is 6.04 Å².